The maximum Gasteiger partial charge on any atom is 0.227 e. The van der Waals surface area contributed by atoms with Crippen LogP contribution in [-0.2, 0) is 11.2 Å². The van der Waals surface area contributed by atoms with E-state index in [2.05, 4.69) is 27.8 Å². The molecule has 0 saturated carbocycles. The monoisotopic (exact) mass is 350 g/mol. The summed E-state index contributed by atoms with van der Waals surface area (Å²) in [5.74, 6) is 1.69. The second kappa shape index (κ2) is 7.74. The Morgan fingerprint density at radius 2 is 2.17 bits per heavy atom. The zero-order valence-electron chi connectivity index (χ0n) is 13.2. The summed E-state index contributed by atoms with van der Waals surface area (Å²) in [5, 5.41) is 3.91. The van der Waals surface area contributed by atoms with Crippen molar-refractivity contribution in [3.63, 3.8) is 0 Å². The first kappa shape index (κ1) is 16.9. The third-order valence-corrected chi connectivity index (χ3v) is 4.40. The molecule has 6 nitrogen and oxygen atoms in total. The molecule has 0 spiro atoms. The number of nitrogens with zero attached hydrogens (tertiary/aromatic N) is 4. The topological polar surface area (TPSA) is 72.1 Å². The number of piperidine rings is 1. The Hall–Kier alpha value is -1.96. The number of rotatable bonds is 5. The average molecular weight is 350 g/mol. The highest BCUT2D eigenvalue weighted by Gasteiger charge is 2.24. The second-order valence-electron chi connectivity index (χ2n) is 5.88. The molecular weight excluding hydrogens is 331 g/mol. The summed E-state index contributed by atoms with van der Waals surface area (Å²) in [6.07, 6.45) is 4.15. The molecule has 0 radical (unpaired) electrons. The highest BCUT2D eigenvalue weighted by molar-refractivity contribution is 7.80. The van der Waals surface area contributed by atoms with Gasteiger partial charge in [0.05, 0.1) is 6.20 Å². The van der Waals surface area contributed by atoms with E-state index in [1.54, 1.807) is 0 Å². The van der Waals surface area contributed by atoms with Crippen molar-refractivity contribution >= 4 is 18.5 Å². The normalized spacial score (nSPS) is 15.7. The molecule has 1 aliphatic rings. The molecule has 8 heteroatoms. The minimum atomic E-state index is -0.401. The maximum absolute atomic E-state index is 12.9. The Kier molecular flexibility index (Phi) is 5.44. The first-order chi connectivity index (χ1) is 11.7. The lowest BCUT2D eigenvalue weighted by molar-refractivity contribution is -0.132. The number of likely N-dealkylation sites (tertiary alicyclic amines) is 1. The van der Waals surface area contributed by atoms with Crippen LogP contribution in [0.2, 0.25) is 0 Å². The van der Waals surface area contributed by atoms with Crippen molar-refractivity contribution < 1.29 is 13.7 Å². The standard InChI is InChI=1S/C16H19FN4O2S/c17-12-1-2-13(18-10-12)16-19-14(23-20-16)9-11-3-6-21(7-4-11)15(22)5-8-24/h1-2,10-11,24H,3-9H2. The van der Waals surface area contributed by atoms with Crippen molar-refractivity contribution in [2.45, 2.75) is 25.7 Å². The lowest BCUT2D eigenvalue weighted by Crippen LogP contribution is -2.39. The van der Waals surface area contributed by atoms with Crippen LogP contribution in [0.3, 0.4) is 0 Å². The van der Waals surface area contributed by atoms with Gasteiger partial charge in [-0.05, 0) is 36.6 Å². The number of pyridine rings is 1. The molecule has 0 atom stereocenters. The smallest absolute Gasteiger partial charge is 0.227 e. The molecule has 1 saturated heterocycles. The van der Waals surface area contributed by atoms with Gasteiger partial charge in [0.25, 0.3) is 0 Å². The van der Waals surface area contributed by atoms with E-state index in [0.29, 0.717) is 41.9 Å². The van der Waals surface area contributed by atoms with Crippen LogP contribution in [-0.4, -0.2) is 44.8 Å². The molecule has 1 fully saturated rings. The summed E-state index contributed by atoms with van der Waals surface area (Å²) in [4.78, 5) is 22.0. The second-order valence-corrected chi connectivity index (χ2v) is 6.32. The average Bonchev–Trinajstić information content (AvgIpc) is 3.05. The van der Waals surface area contributed by atoms with E-state index in [1.807, 2.05) is 4.90 Å². The van der Waals surface area contributed by atoms with Gasteiger partial charge in [-0.1, -0.05) is 5.16 Å². The number of amides is 1. The molecular formula is C16H19FN4O2S. The first-order valence-electron chi connectivity index (χ1n) is 7.99. The third-order valence-electron chi connectivity index (χ3n) is 4.18. The van der Waals surface area contributed by atoms with Crippen molar-refractivity contribution in [2.75, 3.05) is 18.8 Å². The molecule has 128 valence electrons. The van der Waals surface area contributed by atoms with Gasteiger partial charge in [-0.3, -0.25) is 4.79 Å². The van der Waals surface area contributed by atoms with E-state index in [0.717, 1.165) is 32.1 Å². The number of thiol groups is 1. The van der Waals surface area contributed by atoms with Crippen LogP contribution in [0.15, 0.2) is 22.9 Å². The fraction of sp³-hybridized carbons (Fsp3) is 0.500. The summed E-state index contributed by atoms with van der Waals surface area (Å²) in [6.45, 7) is 1.52. The minimum Gasteiger partial charge on any atom is -0.343 e. The number of aromatic nitrogens is 3. The largest absolute Gasteiger partial charge is 0.343 e. The molecule has 2 aromatic heterocycles. The van der Waals surface area contributed by atoms with Gasteiger partial charge < -0.3 is 9.42 Å². The summed E-state index contributed by atoms with van der Waals surface area (Å²) in [7, 11) is 0. The Labute approximate surface area is 144 Å². The zero-order chi connectivity index (χ0) is 16.9. The van der Waals surface area contributed by atoms with E-state index in [4.69, 9.17) is 4.52 Å². The van der Waals surface area contributed by atoms with Gasteiger partial charge >= 0.3 is 0 Å². The van der Waals surface area contributed by atoms with Crippen molar-refractivity contribution in [1.82, 2.24) is 20.0 Å². The van der Waals surface area contributed by atoms with Crippen LogP contribution in [0.4, 0.5) is 4.39 Å². The van der Waals surface area contributed by atoms with Crippen molar-refractivity contribution in [1.29, 1.82) is 0 Å². The third kappa shape index (κ3) is 4.11. The molecule has 0 unspecified atom stereocenters. The molecule has 0 aromatic carbocycles. The van der Waals surface area contributed by atoms with E-state index in [9.17, 15) is 9.18 Å². The van der Waals surface area contributed by atoms with Crippen molar-refractivity contribution in [3.8, 4) is 11.5 Å². The Bertz CT molecular complexity index is 684. The maximum atomic E-state index is 12.9. The summed E-state index contributed by atoms with van der Waals surface area (Å²) >= 11 is 4.10. The molecule has 24 heavy (non-hydrogen) atoms. The van der Waals surface area contributed by atoms with Crippen LogP contribution in [0.1, 0.15) is 25.2 Å². The molecule has 0 bridgehead atoms. The lowest BCUT2D eigenvalue weighted by atomic mass is 9.93. The van der Waals surface area contributed by atoms with E-state index < -0.39 is 5.82 Å². The first-order valence-corrected chi connectivity index (χ1v) is 8.62. The van der Waals surface area contributed by atoms with Gasteiger partial charge in [0.2, 0.25) is 17.6 Å². The summed E-state index contributed by atoms with van der Waals surface area (Å²) in [6, 6.07) is 2.84. The predicted octanol–water partition coefficient (Wildman–Crippen LogP) is 2.37. The van der Waals surface area contributed by atoms with Gasteiger partial charge in [0, 0.05) is 25.9 Å². The van der Waals surface area contributed by atoms with Crippen molar-refractivity contribution in [3.05, 3.63) is 30.0 Å². The quantitative estimate of drug-likeness (QED) is 0.838. The summed E-state index contributed by atoms with van der Waals surface area (Å²) in [5.41, 5.74) is 0.485. The highest BCUT2D eigenvalue weighted by Crippen LogP contribution is 2.22. The van der Waals surface area contributed by atoms with Crippen LogP contribution in [0.25, 0.3) is 11.5 Å². The molecule has 0 N–H and O–H groups in total. The number of hydrogen-bond acceptors (Lipinski definition) is 6. The zero-order valence-corrected chi connectivity index (χ0v) is 14.1. The van der Waals surface area contributed by atoms with Crippen LogP contribution in [0.5, 0.6) is 0 Å². The molecule has 1 aliphatic heterocycles. The van der Waals surface area contributed by atoms with Crippen LogP contribution >= 0.6 is 12.6 Å². The number of halogens is 1. The number of carbonyl (C=O) groups excluding carboxylic acids is 1. The molecule has 3 rings (SSSR count). The van der Waals surface area contributed by atoms with Crippen LogP contribution in [0, 0.1) is 11.7 Å². The molecule has 0 aliphatic carbocycles. The molecule has 2 aromatic rings. The summed E-state index contributed by atoms with van der Waals surface area (Å²) < 4.78 is 18.2. The number of carbonyl (C=O) groups is 1. The molecule has 1 amide bonds. The van der Waals surface area contributed by atoms with Crippen LogP contribution < -0.4 is 0 Å². The Morgan fingerprint density at radius 3 is 2.83 bits per heavy atom. The van der Waals surface area contributed by atoms with Gasteiger partial charge in [0.15, 0.2) is 0 Å². The van der Waals surface area contributed by atoms with Gasteiger partial charge in [-0.2, -0.15) is 17.6 Å². The lowest BCUT2D eigenvalue weighted by Gasteiger charge is -2.31. The van der Waals surface area contributed by atoms with Crippen molar-refractivity contribution in [2.24, 2.45) is 5.92 Å². The minimum absolute atomic E-state index is 0.172. The Morgan fingerprint density at radius 1 is 1.38 bits per heavy atom. The van der Waals surface area contributed by atoms with Gasteiger partial charge in [0.1, 0.15) is 11.5 Å². The fourth-order valence-electron chi connectivity index (χ4n) is 2.84. The SMILES string of the molecule is O=C(CCS)N1CCC(Cc2nc(-c3ccc(F)cn3)no2)CC1. The van der Waals surface area contributed by atoms with E-state index >= 15 is 0 Å². The van der Waals surface area contributed by atoms with Gasteiger partial charge in [-0.25, -0.2) is 9.37 Å². The Balaban J connectivity index is 1.54. The fourth-order valence-corrected chi connectivity index (χ4v) is 3.03. The molecule has 3 heterocycles. The predicted molar refractivity (Wildman–Crippen MR) is 89.0 cm³/mol. The highest BCUT2D eigenvalue weighted by atomic mass is 32.1. The van der Waals surface area contributed by atoms with E-state index in [1.165, 1.54) is 12.1 Å². The number of hydrogen-bond donors (Lipinski definition) is 1. The van der Waals surface area contributed by atoms with E-state index in [-0.39, 0.29) is 5.91 Å². The van der Waals surface area contributed by atoms with Gasteiger partial charge in [-0.15, -0.1) is 0 Å².